The van der Waals surface area contributed by atoms with Gasteiger partial charge in [-0.2, -0.15) is 0 Å². The molecule has 9 rings (SSSR count). The zero-order chi connectivity index (χ0) is 37.2. The lowest BCUT2D eigenvalue weighted by Gasteiger charge is -2.24. The molecule has 1 aromatic heterocycles. The number of rotatable bonds is 4. The molecule has 0 atom stereocenters. The highest BCUT2D eigenvalue weighted by Crippen LogP contribution is 2.44. The number of hydrogen-bond donors (Lipinski definition) is 0. The molecule has 0 aliphatic rings. The van der Waals surface area contributed by atoms with Gasteiger partial charge >= 0.3 is 0 Å². The van der Waals surface area contributed by atoms with Crippen molar-refractivity contribution in [3.8, 4) is 44.5 Å². The van der Waals surface area contributed by atoms with Gasteiger partial charge in [-0.3, -0.25) is 4.98 Å². The van der Waals surface area contributed by atoms with E-state index in [-0.39, 0.29) is 10.8 Å². The first-order chi connectivity index (χ1) is 26.0. The van der Waals surface area contributed by atoms with Crippen molar-refractivity contribution < 1.29 is 0 Å². The molecule has 54 heavy (non-hydrogen) atoms. The maximum atomic E-state index is 4.98. The molecule has 0 aliphatic heterocycles. The molecule has 262 valence electrons. The quantitative estimate of drug-likeness (QED) is 0.167. The Morgan fingerprint density at radius 3 is 1.15 bits per heavy atom. The summed E-state index contributed by atoms with van der Waals surface area (Å²) in [6, 6.07) is 56.2. The molecule has 1 heteroatoms. The number of aromatic nitrogens is 1. The van der Waals surface area contributed by atoms with Crippen LogP contribution in [0.15, 0.2) is 164 Å². The maximum Gasteiger partial charge on any atom is 0.0347 e. The molecule has 9 aromatic rings. The van der Waals surface area contributed by atoms with Gasteiger partial charge in [-0.25, -0.2) is 0 Å². The van der Waals surface area contributed by atoms with E-state index in [4.69, 9.17) is 4.98 Å². The minimum absolute atomic E-state index is 0.0189. The smallest absolute Gasteiger partial charge is 0.0347 e. The van der Waals surface area contributed by atoms with Crippen LogP contribution in [0.3, 0.4) is 0 Å². The number of hydrogen-bond acceptors (Lipinski definition) is 1. The van der Waals surface area contributed by atoms with Crippen molar-refractivity contribution in [2.24, 2.45) is 0 Å². The molecule has 1 nitrogen and oxygen atoms in total. The Hall–Kier alpha value is -6.05. The van der Waals surface area contributed by atoms with Crippen LogP contribution in [0.2, 0.25) is 0 Å². The Balaban J connectivity index is 1.31. The van der Waals surface area contributed by atoms with Gasteiger partial charge in [0, 0.05) is 23.5 Å². The maximum absolute atomic E-state index is 4.98. The van der Waals surface area contributed by atoms with Crippen molar-refractivity contribution in [3.63, 3.8) is 0 Å². The Kier molecular flexibility index (Phi) is 8.01. The lowest BCUT2D eigenvalue weighted by atomic mass is 9.80. The van der Waals surface area contributed by atoms with Crippen LogP contribution in [0.1, 0.15) is 52.7 Å². The standard InChI is InChI=1S/C53H45N/c1-52(2,3)48-27-25-42(50-44(48)23-21-36-17-19-38(30-46(36)50)34-13-9-7-10-14-34)40-29-41(33-54-32-40)43-26-28-49(53(4,5)6)45-24-22-37-18-20-39(31-47(37)51(43)45)35-15-11-8-12-16-35/h7-33H,1-6H3. The van der Waals surface area contributed by atoms with Gasteiger partial charge in [-0.15, -0.1) is 0 Å². The second-order valence-electron chi connectivity index (χ2n) is 16.9. The molecule has 0 radical (unpaired) electrons. The van der Waals surface area contributed by atoms with E-state index in [2.05, 4.69) is 193 Å². The molecule has 1 heterocycles. The lowest BCUT2D eigenvalue weighted by Crippen LogP contribution is -2.12. The van der Waals surface area contributed by atoms with Gasteiger partial charge < -0.3 is 0 Å². The van der Waals surface area contributed by atoms with Crippen molar-refractivity contribution in [2.75, 3.05) is 0 Å². The number of fused-ring (bicyclic) bond motifs is 6. The molecule has 0 saturated heterocycles. The number of nitrogens with zero attached hydrogens (tertiary/aromatic N) is 1. The van der Waals surface area contributed by atoms with E-state index in [0.717, 1.165) is 11.1 Å². The van der Waals surface area contributed by atoms with Crippen molar-refractivity contribution in [3.05, 3.63) is 175 Å². The summed E-state index contributed by atoms with van der Waals surface area (Å²) >= 11 is 0. The van der Waals surface area contributed by atoms with E-state index in [1.54, 1.807) is 0 Å². The SMILES string of the molecule is CC(C)(C)c1ccc(-c2cncc(-c3ccc(C(C)(C)C)c4ccc5ccc(-c6ccccc6)cc5c34)c2)c2c1ccc1ccc(-c3ccccc3)cc12. The van der Waals surface area contributed by atoms with Gasteiger partial charge in [0.2, 0.25) is 0 Å². The van der Waals surface area contributed by atoms with Crippen molar-refractivity contribution in [2.45, 2.75) is 52.4 Å². The molecule has 0 N–H and O–H groups in total. The average molecular weight is 696 g/mol. The molecule has 0 saturated carbocycles. The highest BCUT2D eigenvalue weighted by Gasteiger charge is 2.23. The van der Waals surface area contributed by atoms with Crippen LogP contribution in [-0.2, 0) is 10.8 Å². The van der Waals surface area contributed by atoms with Gasteiger partial charge in [0.1, 0.15) is 0 Å². The fourth-order valence-electron chi connectivity index (χ4n) is 8.49. The predicted octanol–water partition coefficient (Wildman–Crippen LogP) is 15.0. The van der Waals surface area contributed by atoms with Crippen LogP contribution in [0.25, 0.3) is 87.6 Å². The molecular formula is C53H45N. The van der Waals surface area contributed by atoms with Crippen LogP contribution in [0.4, 0.5) is 0 Å². The van der Waals surface area contributed by atoms with Crippen LogP contribution in [0, 0.1) is 0 Å². The largest absolute Gasteiger partial charge is 0.263 e. The molecule has 0 bridgehead atoms. The van der Waals surface area contributed by atoms with Gasteiger partial charge in [0.05, 0.1) is 0 Å². The van der Waals surface area contributed by atoms with Crippen LogP contribution >= 0.6 is 0 Å². The lowest BCUT2D eigenvalue weighted by molar-refractivity contribution is 0.595. The summed E-state index contributed by atoms with van der Waals surface area (Å²) < 4.78 is 0. The summed E-state index contributed by atoms with van der Waals surface area (Å²) in [6.07, 6.45) is 4.10. The molecule has 0 fully saturated rings. The van der Waals surface area contributed by atoms with Gasteiger partial charge in [-0.05, 0) is 117 Å². The molecule has 8 aromatic carbocycles. The van der Waals surface area contributed by atoms with Crippen molar-refractivity contribution in [1.82, 2.24) is 4.98 Å². The number of pyridine rings is 1. The molecule has 0 amide bonds. The van der Waals surface area contributed by atoms with Crippen LogP contribution in [-0.4, -0.2) is 4.98 Å². The predicted molar refractivity (Wildman–Crippen MR) is 233 cm³/mol. The Labute approximate surface area is 319 Å². The normalized spacial score (nSPS) is 12.3. The summed E-state index contributed by atoms with van der Waals surface area (Å²) in [5.74, 6) is 0. The van der Waals surface area contributed by atoms with Crippen LogP contribution < -0.4 is 0 Å². The average Bonchev–Trinajstić information content (AvgIpc) is 3.19. The first-order valence-electron chi connectivity index (χ1n) is 19.1. The van der Waals surface area contributed by atoms with Crippen molar-refractivity contribution in [1.29, 1.82) is 0 Å². The van der Waals surface area contributed by atoms with Gasteiger partial charge in [-0.1, -0.05) is 175 Å². The van der Waals surface area contributed by atoms with Crippen LogP contribution in [0.5, 0.6) is 0 Å². The summed E-state index contributed by atoms with van der Waals surface area (Å²) in [6.45, 7) is 13.9. The highest BCUT2D eigenvalue weighted by atomic mass is 14.6. The third-order valence-corrected chi connectivity index (χ3v) is 11.2. The van der Waals surface area contributed by atoms with E-state index in [0.29, 0.717) is 0 Å². The van der Waals surface area contributed by atoms with Gasteiger partial charge in [0.25, 0.3) is 0 Å². The van der Waals surface area contributed by atoms with Gasteiger partial charge in [0.15, 0.2) is 0 Å². The monoisotopic (exact) mass is 695 g/mol. The Morgan fingerprint density at radius 2 is 0.741 bits per heavy atom. The van der Waals surface area contributed by atoms with E-state index >= 15 is 0 Å². The molecular weight excluding hydrogens is 651 g/mol. The zero-order valence-corrected chi connectivity index (χ0v) is 32.0. The topological polar surface area (TPSA) is 12.9 Å². The summed E-state index contributed by atoms with van der Waals surface area (Å²) in [4.78, 5) is 4.98. The fraction of sp³-hybridized carbons (Fsp3) is 0.151. The first kappa shape index (κ1) is 33.8. The van der Waals surface area contributed by atoms with E-state index in [1.807, 2.05) is 12.4 Å². The summed E-state index contributed by atoms with van der Waals surface area (Å²) in [7, 11) is 0. The Bertz CT molecular complexity index is 2670. The minimum atomic E-state index is -0.0189. The van der Waals surface area contributed by atoms with E-state index in [1.165, 1.54) is 87.6 Å². The van der Waals surface area contributed by atoms with E-state index < -0.39 is 0 Å². The van der Waals surface area contributed by atoms with Crippen molar-refractivity contribution >= 4 is 43.1 Å². The summed E-state index contributed by atoms with van der Waals surface area (Å²) in [5, 5.41) is 10.2. The zero-order valence-electron chi connectivity index (χ0n) is 32.0. The molecule has 0 aliphatic carbocycles. The minimum Gasteiger partial charge on any atom is -0.263 e. The second-order valence-corrected chi connectivity index (χ2v) is 16.9. The fourth-order valence-corrected chi connectivity index (χ4v) is 8.49. The summed E-state index contributed by atoms with van der Waals surface area (Å²) in [5.41, 5.74) is 12.2. The van der Waals surface area contributed by atoms with E-state index in [9.17, 15) is 0 Å². The number of benzene rings is 8. The second kappa shape index (κ2) is 12.8. The first-order valence-corrected chi connectivity index (χ1v) is 19.1. The highest BCUT2D eigenvalue weighted by molar-refractivity contribution is 6.18. The Morgan fingerprint density at radius 1 is 0.333 bits per heavy atom. The molecule has 0 spiro atoms. The third kappa shape index (κ3) is 5.85. The third-order valence-electron chi connectivity index (χ3n) is 11.2. The molecule has 0 unspecified atom stereocenters.